The molecule has 2 aromatic heterocycles. The molecule has 108 valence electrons. The molecule has 4 rings (SSSR count). The summed E-state index contributed by atoms with van der Waals surface area (Å²) in [6.07, 6.45) is 7.36. The summed E-state index contributed by atoms with van der Waals surface area (Å²) in [5, 5.41) is 10.9. The van der Waals surface area contributed by atoms with Crippen LogP contribution >= 0.6 is 11.3 Å². The Kier molecular flexibility index (Phi) is 3.45. The summed E-state index contributed by atoms with van der Waals surface area (Å²) in [5.74, 6) is 7.03. The zero-order valence-corrected chi connectivity index (χ0v) is 12.8. The Hall–Kier alpha value is -2.45. The molecule has 0 spiro atoms. The highest BCUT2D eigenvalue weighted by atomic mass is 32.1. The van der Waals surface area contributed by atoms with Gasteiger partial charge in [-0.05, 0) is 37.0 Å². The van der Waals surface area contributed by atoms with E-state index in [1.165, 1.54) is 25.0 Å². The van der Waals surface area contributed by atoms with Gasteiger partial charge in [0.05, 0.1) is 23.8 Å². The molecular formula is C17H14N4S. The zero-order valence-electron chi connectivity index (χ0n) is 11.9. The summed E-state index contributed by atoms with van der Waals surface area (Å²) in [7, 11) is 0. The van der Waals surface area contributed by atoms with E-state index in [4.69, 9.17) is 0 Å². The van der Waals surface area contributed by atoms with E-state index in [1.807, 2.05) is 30.5 Å². The fourth-order valence-corrected chi connectivity index (χ4v) is 3.18. The average Bonchev–Trinajstić information content (AvgIpc) is 3.15. The minimum atomic E-state index is 0.669. The number of thiazole rings is 1. The average molecular weight is 306 g/mol. The molecule has 0 atom stereocenters. The third-order valence-electron chi connectivity index (χ3n) is 3.89. The molecular weight excluding hydrogens is 292 g/mol. The van der Waals surface area contributed by atoms with Gasteiger partial charge in [0.15, 0.2) is 5.01 Å². The summed E-state index contributed by atoms with van der Waals surface area (Å²) in [4.78, 5) is 4.64. The molecule has 3 aromatic rings. The molecule has 5 heteroatoms. The highest BCUT2D eigenvalue weighted by Crippen LogP contribution is 2.36. The molecule has 0 N–H and O–H groups in total. The number of hydrogen-bond donors (Lipinski definition) is 0. The van der Waals surface area contributed by atoms with Crippen LogP contribution in [0.2, 0.25) is 0 Å². The fourth-order valence-electron chi connectivity index (χ4n) is 2.43. The van der Waals surface area contributed by atoms with Gasteiger partial charge in [0.2, 0.25) is 0 Å². The summed E-state index contributed by atoms with van der Waals surface area (Å²) >= 11 is 1.64. The summed E-state index contributed by atoms with van der Waals surface area (Å²) in [6.45, 7) is 0. The van der Waals surface area contributed by atoms with Crippen LogP contribution in [0.1, 0.15) is 41.4 Å². The van der Waals surface area contributed by atoms with E-state index in [0.717, 1.165) is 16.3 Å². The number of rotatable bonds is 2. The molecule has 1 aromatic carbocycles. The number of nitrogens with zero attached hydrogens (tertiary/aromatic N) is 4. The van der Waals surface area contributed by atoms with Crippen molar-refractivity contribution in [1.29, 1.82) is 0 Å². The first-order valence-corrected chi connectivity index (χ1v) is 8.21. The standard InChI is InChI=1S/C17H14N4S/c1-3-13(11-15(6-1)21-10-9-18-20-21)7-8-17-19-16(12-22-17)14-4-2-5-14/h1,3,6,9-12,14H,2,4-5H2. The van der Waals surface area contributed by atoms with Gasteiger partial charge in [-0.3, -0.25) is 0 Å². The number of benzene rings is 1. The minimum Gasteiger partial charge on any atom is -0.232 e. The van der Waals surface area contributed by atoms with E-state index in [0.29, 0.717) is 5.92 Å². The van der Waals surface area contributed by atoms with Gasteiger partial charge in [-0.25, -0.2) is 9.67 Å². The number of aromatic nitrogens is 4. The first kappa shape index (κ1) is 13.2. The predicted molar refractivity (Wildman–Crippen MR) is 86.0 cm³/mol. The molecule has 0 bridgehead atoms. The molecule has 0 saturated heterocycles. The minimum absolute atomic E-state index is 0.669. The first-order chi connectivity index (χ1) is 10.9. The quantitative estimate of drug-likeness (QED) is 0.682. The lowest BCUT2D eigenvalue weighted by molar-refractivity contribution is 0.412. The highest BCUT2D eigenvalue weighted by molar-refractivity contribution is 7.10. The van der Waals surface area contributed by atoms with Crippen molar-refractivity contribution in [2.24, 2.45) is 0 Å². The first-order valence-electron chi connectivity index (χ1n) is 7.33. The maximum Gasteiger partial charge on any atom is 0.167 e. The van der Waals surface area contributed by atoms with Gasteiger partial charge in [0.25, 0.3) is 0 Å². The predicted octanol–water partition coefficient (Wildman–Crippen LogP) is 3.39. The lowest BCUT2D eigenvalue weighted by Crippen LogP contribution is -2.08. The number of hydrogen-bond acceptors (Lipinski definition) is 4. The van der Waals surface area contributed by atoms with Crippen molar-refractivity contribution in [2.75, 3.05) is 0 Å². The lowest BCUT2D eigenvalue weighted by Gasteiger charge is -2.22. The summed E-state index contributed by atoms with van der Waals surface area (Å²) < 4.78 is 1.73. The molecule has 0 radical (unpaired) electrons. The Labute approximate surface area is 132 Å². The van der Waals surface area contributed by atoms with Crippen LogP contribution in [-0.2, 0) is 0 Å². The third-order valence-corrected chi connectivity index (χ3v) is 4.67. The van der Waals surface area contributed by atoms with Crippen LogP contribution in [0.15, 0.2) is 42.0 Å². The van der Waals surface area contributed by atoms with Crippen molar-refractivity contribution in [2.45, 2.75) is 25.2 Å². The Balaban J connectivity index is 1.56. The normalized spacial score (nSPS) is 14.2. The van der Waals surface area contributed by atoms with E-state index in [1.54, 1.807) is 22.2 Å². The second-order valence-electron chi connectivity index (χ2n) is 5.35. The molecule has 0 amide bonds. The van der Waals surface area contributed by atoms with Gasteiger partial charge < -0.3 is 0 Å². The van der Waals surface area contributed by atoms with Gasteiger partial charge >= 0.3 is 0 Å². The fraction of sp³-hybridized carbons (Fsp3) is 0.235. The molecule has 1 aliphatic carbocycles. The van der Waals surface area contributed by atoms with Crippen molar-refractivity contribution in [3.05, 3.63) is 58.3 Å². The molecule has 0 aliphatic heterocycles. The van der Waals surface area contributed by atoms with Crippen LogP contribution in [0, 0.1) is 11.8 Å². The van der Waals surface area contributed by atoms with Gasteiger partial charge in [0, 0.05) is 16.9 Å². The molecule has 4 nitrogen and oxygen atoms in total. The largest absolute Gasteiger partial charge is 0.232 e. The van der Waals surface area contributed by atoms with Gasteiger partial charge in [0.1, 0.15) is 0 Å². The van der Waals surface area contributed by atoms with Crippen LogP contribution in [0.5, 0.6) is 0 Å². The van der Waals surface area contributed by atoms with Gasteiger partial charge in [-0.2, -0.15) is 0 Å². The van der Waals surface area contributed by atoms with Crippen LogP contribution < -0.4 is 0 Å². The van der Waals surface area contributed by atoms with Crippen molar-refractivity contribution >= 4 is 11.3 Å². The van der Waals surface area contributed by atoms with Crippen LogP contribution in [0.25, 0.3) is 5.69 Å². The molecule has 1 saturated carbocycles. The van der Waals surface area contributed by atoms with E-state index in [-0.39, 0.29) is 0 Å². The molecule has 1 fully saturated rings. The van der Waals surface area contributed by atoms with Gasteiger partial charge in [-0.1, -0.05) is 23.6 Å². The Morgan fingerprint density at radius 2 is 2.18 bits per heavy atom. The van der Waals surface area contributed by atoms with Crippen molar-refractivity contribution in [3.63, 3.8) is 0 Å². The topological polar surface area (TPSA) is 43.6 Å². The van der Waals surface area contributed by atoms with Gasteiger partial charge in [-0.15, -0.1) is 16.4 Å². The molecule has 2 heterocycles. The van der Waals surface area contributed by atoms with Crippen molar-refractivity contribution in [1.82, 2.24) is 20.0 Å². The maximum absolute atomic E-state index is 4.64. The highest BCUT2D eigenvalue weighted by Gasteiger charge is 2.21. The Bertz CT molecular complexity index is 835. The SMILES string of the molecule is C(#Cc1nc(C2CCC2)cs1)c1cccc(-n2ccnn2)c1. The van der Waals surface area contributed by atoms with Crippen molar-refractivity contribution in [3.8, 4) is 17.5 Å². The zero-order chi connectivity index (χ0) is 14.8. The molecule has 0 unspecified atom stereocenters. The Morgan fingerprint density at radius 1 is 1.23 bits per heavy atom. The maximum atomic E-state index is 4.64. The molecule has 22 heavy (non-hydrogen) atoms. The van der Waals surface area contributed by atoms with E-state index in [9.17, 15) is 0 Å². The summed E-state index contributed by atoms with van der Waals surface area (Å²) in [6, 6.07) is 7.95. The second-order valence-corrected chi connectivity index (χ2v) is 6.21. The van der Waals surface area contributed by atoms with E-state index >= 15 is 0 Å². The van der Waals surface area contributed by atoms with E-state index in [2.05, 4.69) is 32.5 Å². The van der Waals surface area contributed by atoms with Crippen LogP contribution in [-0.4, -0.2) is 20.0 Å². The third kappa shape index (κ3) is 2.66. The monoisotopic (exact) mass is 306 g/mol. The molecule has 1 aliphatic rings. The lowest BCUT2D eigenvalue weighted by atomic mass is 9.83. The van der Waals surface area contributed by atoms with Crippen molar-refractivity contribution < 1.29 is 0 Å². The Morgan fingerprint density at radius 3 is 2.95 bits per heavy atom. The van der Waals surface area contributed by atoms with Crippen LogP contribution in [0.3, 0.4) is 0 Å². The summed E-state index contributed by atoms with van der Waals surface area (Å²) in [5.41, 5.74) is 3.13. The van der Waals surface area contributed by atoms with Crippen LogP contribution in [0.4, 0.5) is 0 Å². The second kappa shape index (κ2) is 5.74. The van der Waals surface area contributed by atoms with E-state index < -0.39 is 0 Å². The smallest absolute Gasteiger partial charge is 0.167 e.